The maximum absolute atomic E-state index is 13.6. The van der Waals surface area contributed by atoms with Crippen LogP contribution in [-0.4, -0.2) is 29.9 Å². The van der Waals surface area contributed by atoms with Crippen LogP contribution >= 0.6 is 12.4 Å². The number of carbonyl (C=O) groups is 1. The minimum absolute atomic E-state index is 0. The van der Waals surface area contributed by atoms with E-state index in [1.165, 1.54) is 17.5 Å². The first-order chi connectivity index (χ1) is 11.5. The largest absolute Gasteiger partial charge is 0.342 e. The van der Waals surface area contributed by atoms with Crippen molar-refractivity contribution in [3.63, 3.8) is 0 Å². The number of aryl methyl sites for hydroxylation is 1. The Kier molecular flexibility index (Phi) is 6.93. The highest BCUT2D eigenvalue weighted by Crippen LogP contribution is 2.42. The molecule has 4 heteroatoms. The van der Waals surface area contributed by atoms with E-state index in [0.717, 1.165) is 51.6 Å². The van der Waals surface area contributed by atoms with Crippen molar-refractivity contribution in [1.82, 2.24) is 4.90 Å². The minimum Gasteiger partial charge on any atom is -0.342 e. The Labute approximate surface area is 158 Å². The summed E-state index contributed by atoms with van der Waals surface area (Å²) >= 11 is 0. The fourth-order valence-corrected chi connectivity index (χ4v) is 4.66. The number of piperidine rings is 1. The van der Waals surface area contributed by atoms with Crippen molar-refractivity contribution in [1.29, 1.82) is 0 Å². The van der Waals surface area contributed by atoms with Crippen LogP contribution in [0.5, 0.6) is 0 Å². The molecule has 0 spiro atoms. The Bertz CT molecular complexity index is 573. The molecule has 25 heavy (non-hydrogen) atoms. The van der Waals surface area contributed by atoms with Crippen LogP contribution in [0.15, 0.2) is 24.3 Å². The molecule has 0 radical (unpaired) electrons. The van der Waals surface area contributed by atoms with Crippen LogP contribution in [0.25, 0.3) is 0 Å². The molecule has 1 heterocycles. The lowest BCUT2D eigenvalue weighted by molar-refractivity contribution is -0.140. The summed E-state index contributed by atoms with van der Waals surface area (Å²) in [6.45, 7) is 5.97. The molecule has 1 aliphatic heterocycles. The van der Waals surface area contributed by atoms with E-state index in [9.17, 15) is 4.79 Å². The molecule has 1 amide bonds. The molecule has 140 valence electrons. The Morgan fingerprint density at radius 3 is 2.40 bits per heavy atom. The topological polar surface area (TPSA) is 46.3 Å². The van der Waals surface area contributed by atoms with E-state index >= 15 is 0 Å². The van der Waals surface area contributed by atoms with Gasteiger partial charge in [-0.25, -0.2) is 0 Å². The van der Waals surface area contributed by atoms with Gasteiger partial charge in [-0.3, -0.25) is 4.79 Å². The number of hydrogen-bond acceptors (Lipinski definition) is 2. The molecule has 2 aliphatic rings. The minimum atomic E-state index is -0.286. The van der Waals surface area contributed by atoms with Crippen molar-refractivity contribution in [2.75, 3.05) is 13.1 Å². The molecule has 1 aromatic rings. The molecule has 3 nitrogen and oxygen atoms in total. The number of amides is 1. The summed E-state index contributed by atoms with van der Waals surface area (Å²) in [5, 5.41) is 0. The first-order valence-electron chi connectivity index (χ1n) is 9.65. The summed E-state index contributed by atoms with van der Waals surface area (Å²) in [5.74, 6) is 0.936. The Hall–Kier alpha value is -1.06. The van der Waals surface area contributed by atoms with Crippen molar-refractivity contribution >= 4 is 18.3 Å². The van der Waals surface area contributed by atoms with Gasteiger partial charge in [0.05, 0.1) is 5.41 Å². The standard InChI is InChI=1S/C21H32N2O.ClH/c1-16-7-6-8-19(15-16)21(11-4-3-5-12-21)20(24)23-13-9-18(10-14-23)17(2)22;/h6-8,15,17-18H,3-5,9-14,22H2,1-2H3;1H. The van der Waals surface area contributed by atoms with Crippen molar-refractivity contribution in [2.45, 2.75) is 70.3 Å². The Morgan fingerprint density at radius 1 is 1.20 bits per heavy atom. The highest BCUT2D eigenvalue weighted by atomic mass is 35.5. The summed E-state index contributed by atoms with van der Waals surface area (Å²) in [6.07, 6.45) is 7.69. The molecule has 1 unspecified atom stereocenters. The number of likely N-dealkylation sites (tertiary alicyclic amines) is 1. The number of nitrogens with two attached hydrogens (primary N) is 1. The van der Waals surface area contributed by atoms with E-state index in [0.29, 0.717) is 11.8 Å². The molecule has 0 aromatic heterocycles. The molecule has 1 aromatic carbocycles. The lowest BCUT2D eigenvalue weighted by Crippen LogP contribution is -2.51. The van der Waals surface area contributed by atoms with E-state index in [4.69, 9.17) is 5.73 Å². The van der Waals surface area contributed by atoms with Gasteiger partial charge in [0.1, 0.15) is 0 Å². The van der Waals surface area contributed by atoms with Crippen LogP contribution in [-0.2, 0) is 10.2 Å². The van der Waals surface area contributed by atoms with Crippen molar-refractivity contribution in [2.24, 2.45) is 11.7 Å². The number of carbonyl (C=O) groups excluding carboxylic acids is 1. The number of hydrogen-bond donors (Lipinski definition) is 1. The number of benzene rings is 1. The van der Waals surface area contributed by atoms with Crippen molar-refractivity contribution < 1.29 is 4.79 Å². The maximum atomic E-state index is 13.6. The summed E-state index contributed by atoms with van der Waals surface area (Å²) < 4.78 is 0. The van der Waals surface area contributed by atoms with Gasteiger partial charge in [0.2, 0.25) is 5.91 Å². The summed E-state index contributed by atoms with van der Waals surface area (Å²) in [5.41, 5.74) is 8.26. The van der Waals surface area contributed by atoms with Crippen molar-refractivity contribution in [3.8, 4) is 0 Å². The summed E-state index contributed by atoms with van der Waals surface area (Å²) in [7, 11) is 0. The molecule has 1 saturated heterocycles. The monoisotopic (exact) mass is 364 g/mol. The van der Waals surface area contributed by atoms with E-state index in [1.54, 1.807) is 0 Å². The van der Waals surface area contributed by atoms with Crippen LogP contribution in [0.4, 0.5) is 0 Å². The van der Waals surface area contributed by atoms with Gasteiger partial charge in [0.15, 0.2) is 0 Å². The van der Waals surface area contributed by atoms with Gasteiger partial charge in [-0.1, -0.05) is 49.1 Å². The van der Waals surface area contributed by atoms with E-state index in [-0.39, 0.29) is 23.9 Å². The first-order valence-corrected chi connectivity index (χ1v) is 9.65. The molecular formula is C21H33ClN2O. The third-order valence-electron chi connectivity index (χ3n) is 6.26. The van der Waals surface area contributed by atoms with E-state index < -0.39 is 0 Å². The van der Waals surface area contributed by atoms with Gasteiger partial charge in [0.25, 0.3) is 0 Å². The summed E-state index contributed by atoms with van der Waals surface area (Å²) in [6, 6.07) is 8.88. The van der Waals surface area contributed by atoms with Gasteiger partial charge in [0, 0.05) is 19.1 Å². The van der Waals surface area contributed by atoms with E-state index in [1.807, 2.05) is 0 Å². The lowest BCUT2D eigenvalue weighted by Gasteiger charge is -2.43. The number of nitrogens with zero attached hydrogens (tertiary/aromatic N) is 1. The normalized spacial score (nSPS) is 22.1. The zero-order chi connectivity index (χ0) is 17.2. The van der Waals surface area contributed by atoms with Crippen molar-refractivity contribution in [3.05, 3.63) is 35.4 Å². The fraction of sp³-hybridized carbons (Fsp3) is 0.667. The molecule has 2 fully saturated rings. The van der Waals surface area contributed by atoms with Gasteiger partial charge >= 0.3 is 0 Å². The third-order valence-corrected chi connectivity index (χ3v) is 6.26. The predicted octanol–water partition coefficient (Wildman–Crippen LogP) is 4.20. The maximum Gasteiger partial charge on any atom is 0.233 e. The Morgan fingerprint density at radius 2 is 1.84 bits per heavy atom. The highest BCUT2D eigenvalue weighted by Gasteiger charge is 2.44. The fourth-order valence-electron chi connectivity index (χ4n) is 4.66. The summed E-state index contributed by atoms with van der Waals surface area (Å²) in [4.78, 5) is 15.7. The quantitative estimate of drug-likeness (QED) is 0.873. The molecule has 3 rings (SSSR count). The van der Waals surface area contributed by atoms with E-state index in [2.05, 4.69) is 43.0 Å². The highest BCUT2D eigenvalue weighted by molar-refractivity contribution is 5.88. The smallest absolute Gasteiger partial charge is 0.233 e. The lowest BCUT2D eigenvalue weighted by atomic mass is 9.68. The second-order valence-corrected chi connectivity index (χ2v) is 8.00. The van der Waals surface area contributed by atoms with Crippen LogP contribution in [0.2, 0.25) is 0 Å². The molecule has 1 saturated carbocycles. The van der Waals surface area contributed by atoms with Gasteiger partial charge < -0.3 is 10.6 Å². The number of rotatable bonds is 3. The zero-order valence-corrected chi connectivity index (χ0v) is 16.5. The van der Waals surface area contributed by atoms with Gasteiger partial charge in [-0.2, -0.15) is 0 Å². The molecular weight excluding hydrogens is 332 g/mol. The molecule has 0 bridgehead atoms. The second kappa shape index (κ2) is 8.55. The van der Waals surface area contributed by atoms with Gasteiger partial charge in [-0.05, 0) is 51.0 Å². The second-order valence-electron chi connectivity index (χ2n) is 8.00. The average molecular weight is 365 g/mol. The predicted molar refractivity (Wildman–Crippen MR) is 106 cm³/mol. The molecule has 2 N–H and O–H groups in total. The number of halogens is 1. The van der Waals surface area contributed by atoms with Crippen LogP contribution in [0.1, 0.15) is 63.0 Å². The molecule has 1 aliphatic carbocycles. The molecule has 1 atom stereocenters. The van der Waals surface area contributed by atoms with Gasteiger partial charge in [-0.15, -0.1) is 12.4 Å². The Balaban J connectivity index is 0.00000225. The van der Waals surface area contributed by atoms with Crippen LogP contribution in [0, 0.1) is 12.8 Å². The first kappa shape index (κ1) is 20.3. The average Bonchev–Trinajstić information content (AvgIpc) is 2.62. The third kappa shape index (κ3) is 4.20. The SMILES string of the molecule is Cc1cccc(C2(C(=O)N3CCC(C(C)N)CC3)CCCCC2)c1.Cl. The van der Waals surface area contributed by atoms with Crippen LogP contribution < -0.4 is 5.73 Å². The zero-order valence-electron chi connectivity index (χ0n) is 15.7. The van der Waals surface area contributed by atoms with Crippen LogP contribution in [0.3, 0.4) is 0 Å².